The standard InChI is InChI=1S/C25H38N4O4/c1-15(2)22(28-23(31)17(4)26-5)25(33)29(6)21(14-16(3)30)24(32)27-20-13-9-11-18-10-7-8-12-19(18)20/h7-8,10,12,15,17,20-22,26H,9,11,13-14H2,1-6H3,(H,27,32)(H,28,31)/t17-,20+,21-,22-/m0/s1. The van der Waals surface area contributed by atoms with Crippen LogP contribution in [0.3, 0.4) is 0 Å². The zero-order chi connectivity index (χ0) is 24.7. The maximum atomic E-state index is 13.3. The van der Waals surface area contributed by atoms with Crippen molar-refractivity contribution in [3.8, 4) is 0 Å². The van der Waals surface area contributed by atoms with Gasteiger partial charge in [0.15, 0.2) is 0 Å². The molecule has 0 radical (unpaired) electrons. The first-order valence-electron chi connectivity index (χ1n) is 11.7. The van der Waals surface area contributed by atoms with Crippen LogP contribution in [0, 0.1) is 5.92 Å². The van der Waals surface area contributed by atoms with Gasteiger partial charge in [-0.25, -0.2) is 0 Å². The Morgan fingerprint density at radius 3 is 2.36 bits per heavy atom. The molecule has 3 amide bonds. The van der Waals surface area contributed by atoms with Crippen LogP contribution < -0.4 is 16.0 Å². The number of likely N-dealkylation sites (N-methyl/N-ethyl adjacent to an activating group) is 2. The minimum atomic E-state index is -0.955. The molecule has 8 heteroatoms. The smallest absolute Gasteiger partial charge is 0.245 e. The molecule has 0 saturated heterocycles. The van der Waals surface area contributed by atoms with Crippen LogP contribution in [0.1, 0.15) is 64.1 Å². The average Bonchev–Trinajstić information content (AvgIpc) is 2.79. The second-order valence-corrected chi connectivity index (χ2v) is 9.26. The summed E-state index contributed by atoms with van der Waals surface area (Å²) in [4.78, 5) is 52.4. The van der Waals surface area contributed by atoms with Gasteiger partial charge < -0.3 is 20.9 Å². The highest BCUT2D eigenvalue weighted by atomic mass is 16.2. The summed E-state index contributed by atoms with van der Waals surface area (Å²) in [6, 6.07) is 5.64. The number of aryl methyl sites for hydroxylation is 1. The van der Waals surface area contributed by atoms with Gasteiger partial charge in [-0.2, -0.15) is 0 Å². The van der Waals surface area contributed by atoms with Gasteiger partial charge in [-0.15, -0.1) is 0 Å². The lowest BCUT2D eigenvalue weighted by molar-refractivity contribution is -0.144. The second-order valence-electron chi connectivity index (χ2n) is 9.26. The van der Waals surface area contributed by atoms with E-state index < -0.39 is 24.0 Å². The molecule has 0 spiro atoms. The van der Waals surface area contributed by atoms with Crippen molar-refractivity contribution in [3.05, 3.63) is 35.4 Å². The van der Waals surface area contributed by atoms with E-state index >= 15 is 0 Å². The maximum Gasteiger partial charge on any atom is 0.245 e. The summed E-state index contributed by atoms with van der Waals surface area (Å²) in [5.74, 6) is -1.44. The Balaban J connectivity index is 2.22. The summed E-state index contributed by atoms with van der Waals surface area (Å²) < 4.78 is 0. The first kappa shape index (κ1) is 26.5. The molecule has 0 heterocycles. The van der Waals surface area contributed by atoms with Crippen molar-refractivity contribution < 1.29 is 19.2 Å². The van der Waals surface area contributed by atoms with Crippen LogP contribution in [0.5, 0.6) is 0 Å². The molecule has 0 saturated carbocycles. The Kier molecular flexibility index (Phi) is 9.58. The molecule has 1 aromatic carbocycles. The van der Waals surface area contributed by atoms with E-state index in [2.05, 4.69) is 22.0 Å². The van der Waals surface area contributed by atoms with Gasteiger partial charge in [0.1, 0.15) is 17.9 Å². The molecule has 1 aliphatic rings. The number of hydrogen-bond donors (Lipinski definition) is 3. The molecule has 8 nitrogen and oxygen atoms in total. The second kappa shape index (κ2) is 11.9. The fourth-order valence-electron chi connectivity index (χ4n) is 4.15. The maximum absolute atomic E-state index is 13.3. The van der Waals surface area contributed by atoms with E-state index in [1.165, 1.54) is 24.4 Å². The summed E-state index contributed by atoms with van der Waals surface area (Å²) in [6.07, 6.45) is 2.64. The third-order valence-electron chi connectivity index (χ3n) is 6.34. The van der Waals surface area contributed by atoms with Crippen molar-refractivity contribution in [2.24, 2.45) is 5.92 Å². The quantitative estimate of drug-likeness (QED) is 0.495. The zero-order valence-corrected chi connectivity index (χ0v) is 20.6. The lowest BCUT2D eigenvalue weighted by atomic mass is 9.87. The highest BCUT2D eigenvalue weighted by molar-refractivity contribution is 5.95. The van der Waals surface area contributed by atoms with Crippen LogP contribution in [-0.2, 0) is 25.6 Å². The number of rotatable bonds is 10. The number of nitrogens with zero attached hydrogens (tertiary/aromatic N) is 1. The van der Waals surface area contributed by atoms with Crippen LogP contribution in [0.15, 0.2) is 24.3 Å². The van der Waals surface area contributed by atoms with Gasteiger partial charge in [0.2, 0.25) is 17.7 Å². The van der Waals surface area contributed by atoms with E-state index in [0.717, 1.165) is 24.8 Å². The largest absolute Gasteiger partial charge is 0.347 e. The number of benzene rings is 1. The Morgan fingerprint density at radius 2 is 1.76 bits per heavy atom. The lowest BCUT2D eigenvalue weighted by Gasteiger charge is -2.34. The molecule has 3 N–H and O–H groups in total. The highest BCUT2D eigenvalue weighted by Crippen LogP contribution is 2.29. The normalized spacial score (nSPS) is 18.0. The van der Waals surface area contributed by atoms with Gasteiger partial charge in [-0.1, -0.05) is 38.1 Å². The highest BCUT2D eigenvalue weighted by Gasteiger charge is 2.36. The molecular formula is C25H38N4O4. The molecule has 182 valence electrons. The fourth-order valence-corrected chi connectivity index (χ4v) is 4.15. The molecule has 0 bridgehead atoms. The monoisotopic (exact) mass is 458 g/mol. The Bertz CT molecular complexity index is 870. The van der Waals surface area contributed by atoms with Crippen molar-refractivity contribution in [3.63, 3.8) is 0 Å². The van der Waals surface area contributed by atoms with Crippen molar-refractivity contribution in [1.82, 2.24) is 20.9 Å². The van der Waals surface area contributed by atoms with Gasteiger partial charge in [0.05, 0.1) is 12.1 Å². The average molecular weight is 459 g/mol. The number of ketones is 1. The lowest BCUT2D eigenvalue weighted by Crippen LogP contribution is -2.58. The molecular weight excluding hydrogens is 420 g/mol. The van der Waals surface area contributed by atoms with E-state index in [-0.39, 0.29) is 36.0 Å². The van der Waals surface area contributed by atoms with Crippen molar-refractivity contribution in [2.45, 2.75) is 77.5 Å². The van der Waals surface area contributed by atoms with Crippen LogP contribution in [0.25, 0.3) is 0 Å². The number of carbonyl (C=O) groups excluding carboxylic acids is 4. The van der Waals surface area contributed by atoms with Crippen LogP contribution >= 0.6 is 0 Å². The molecule has 0 aromatic heterocycles. The van der Waals surface area contributed by atoms with Gasteiger partial charge in [-0.3, -0.25) is 19.2 Å². The first-order valence-corrected chi connectivity index (χ1v) is 11.7. The number of amides is 3. The van der Waals surface area contributed by atoms with E-state index in [0.29, 0.717) is 0 Å². The molecule has 0 unspecified atom stereocenters. The van der Waals surface area contributed by atoms with Gasteiger partial charge >= 0.3 is 0 Å². The third-order valence-corrected chi connectivity index (χ3v) is 6.34. The van der Waals surface area contributed by atoms with E-state index in [4.69, 9.17) is 0 Å². The number of hydrogen-bond acceptors (Lipinski definition) is 5. The molecule has 33 heavy (non-hydrogen) atoms. The molecule has 4 atom stereocenters. The predicted octanol–water partition coefficient (Wildman–Crippen LogP) is 1.74. The van der Waals surface area contributed by atoms with E-state index in [1.54, 1.807) is 14.0 Å². The minimum absolute atomic E-state index is 0.0892. The summed E-state index contributed by atoms with van der Waals surface area (Å²) in [5.41, 5.74) is 2.30. The molecule has 2 rings (SSSR count). The van der Waals surface area contributed by atoms with E-state index in [1.807, 2.05) is 32.0 Å². The fraction of sp³-hybridized carbons (Fsp3) is 0.600. The molecule has 1 aromatic rings. The van der Waals surface area contributed by atoms with Gasteiger partial charge in [0.25, 0.3) is 0 Å². The van der Waals surface area contributed by atoms with Crippen LogP contribution in [0.4, 0.5) is 0 Å². The third kappa shape index (κ3) is 6.87. The number of Topliss-reactive ketones (excluding diaryl/α,β-unsaturated/α-hetero) is 1. The SMILES string of the molecule is CN[C@@H](C)C(=O)N[C@H](C(=O)N(C)[C@@H](CC(C)=O)C(=O)N[C@@H]1CCCc2ccccc21)C(C)C. The summed E-state index contributed by atoms with van der Waals surface area (Å²) >= 11 is 0. The minimum Gasteiger partial charge on any atom is -0.347 e. The van der Waals surface area contributed by atoms with Crippen molar-refractivity contribution in [2.75, 3.05) is 14.1 Å². The van der Waals surface area contributed by atoms with Crippen molar-refractivity contribution >= 4 is 23.5 Å². The van der Waals surface area contributed by atoms with Crippen LogP contribution in [0.2, 0.25) is 0 Å². The zero-order valence-electron chi connectivity index (χ0n) is 20.6. The molecule has 0 aliphatic heterocycles. The molecule has 1 aliphatic carbocycles. The van der Waals surface area contributed by atoms with Crippen LogP contribution in [-0.4, -0.2) is 60.6 Å². The number of nitrogens with one attached hydrogen (secondary N) is 3. The Labute approximate surface area is 196 Å². The topological polar surface area (TPSA) is 108 Å². The van der Waals surface area contributed by atoms with Crippen molar-refractivity contribution in [1.29, 1.82) is 0 Å². The Hall–Kier alpha value is -2.74. The number of fused-ring (bicyclic) bond motifs is 1. The Morgan fingerprint density at radius 1 is 1.09 bits per heavy atom. The summed E-state index contributed by atoms with van der Waals surface area (Å²) in [7, 11) is 3.19. The van der Waals surface area contributed by atoms with Gasteiger partial charge in [0, 0.05) is 13.5 Å². The summed E-state index contributed by atoms with van der Waals surface area (Å²) in [5, 5.41) is 8.70. The number of carbonyl (C=O) groups is 4. The first-order chi connectivity index (χ1) is 15.6. The predicted molar refractivity (Wildman–Crippen MR) is 127 cm³/mol. The van der Waals surface area contributed by atoms with Gasteiger partial charge in [-0.05, 0) is 57.2 Å². The van der Waals surface area contributed by atoms with E-state index in [9.17, 15) is 19.2 Å². The molecule has 0 fully saturated rings. The summed E-state index contributed by atoms with van der Waals surface area (Å²) in [6.45, 7) is 6.78.